The van der Waals surface area contributed by atoms with Crippen molar-refractivity contribution < 1.29 is 13.4 Å². The first-order valence-corrected chi connectivity index (χ1v) is 12.2. The van der Waals surface area contributed by atoms with E-state index in [4.69, 9.17) is 10.8 Å². The molecule has 35 heavy (non-hydrogen) atoms. The van der Waals surface area contributed by atoms with Gasteiger partial charge in [-0.1, -0.05) is 0 Å². The van der Waals surface area contributed by atoms with Crippen molar-refractivity contribution in [3.63, 3.8) is 0 Å². The summed E-state index contributed by atoms with van der Waals surface area (Å²) in [4.78, 5) is 14.0. The van der Waals surface area contributed by atoms with Crippen LogP contribution in [0.1, 0.15) is 29.7 Å². The number of anilines is 2. The molecular formula is C24H30FN7O2S. The van der Waals surface area contributed by atoms with Crippen LogP contribution in [-0.4, -0.2) is 69.9 Å². The van der Waals surface area contributed by atoms with Gasteiger partial charge < -0.3 is 16.2 Å². The van der Waals surface area contributed by atoms with Crippen LogP contribution in [0.5, 0.6) is 0 Å². The summed E-state index contributed by atoms with van der Waals surface area (Å²) in [6.07, 6.45) is 2.47. The highest BCUT2D eigenvalue weighted by Crippen LogP contribution is 2.33. The highest BCUT2D eigenvalue weighted by molar-refractivity contribution is 8.00. The Morgan fingerprint density at radius 2 is 2.00 bits per heavy atom. The molecule has 2 aromatic carbocycles. The molecular weight excluding hydrogens is 469 g/mol. The normalized spacial score (nSPS) is 17.8. The Labute approximate surface area is 207 Å². The summed E-state index contributed by atoms with van der Waals surface area (Å²) in [5, 5.41) is 22.9. The van der Waals surface area contributed by atoms with Gasteiger partial charge in [-0.05, 0) is 61.4 Å². The lowest BCUT2D eigenvalue weighted by Gasteiger charge is -2.41. The van der Waals surface area contributed by atoms with Crippen LogP contribution in [-0.2, 0) is 15.8 Å². The molecule has 0 spiro atoms. The summed E-state index contributed by atoms with van der Waals surface area (Å²) >= 11 is 0. The van der Waals surface area contributed by atoms with Gasteiger partial charge >= 0.3 is 0 Å². The number of hydrogen-bond donors (Lipinski definition) is 4. The molecule has 2 aromatic rings. The van der Waals surface area contributed by atoms with Crippen LogP contribution in [0.4, 0.5) is 15.8 Å². The maximum absolute atomic E-state index is 13.3. The third kappa shape index (κ3) is 6.65. The van der Waals surface area contributed by atoms with Crippen LogP contribution in [0.2, 0.25) is 0 Å². The van der Waals surface area contributed by atoms with E-state index in [0.29, 0.717) is 36.6 Å². The minimum absolute atomic E-state index is 0.0259. The van der Waals surface area contributed by atoms with E-state index in [0.717, 1.165) is 11.1 Å². The molecule has 0 amide bonds. The zero-order chi connectivity index (χ0) is 25.5. The Hall–Kier alpha value is -3.28. The monoisotopic (exact) mass is 499 g/mol. The van der Waals surface area contributed by atoms with Gasteiger partial charge in [0.1, 0.15) is 22.6 Å². The molecule has 2 unspecified atom stereocenters. The van der Waals surface area contributed by atoms with Gasteiger partial charge in [-0.25, -0.2) is 12.9 Å². The number of rotatable bonds is 9. The van der Waals surface area contributed by atoms with Gasteiger partial charge in [-0.2, -0.15) is 5.10 Å². The van der Waals surface area contributed by atoms with Crippen molar-refractivity contribution in [2.75, 3.05) is 38.5 Å². The molecule has 0 radical (unpaired) electrons. The molecule has 1 saturated heterocycles. The maximum Gasteiger partial charge on any atom is 0.154 e. The molecule has 1 fully saturated rings. The van der Waals surface area contributed by atoms with Crippen molar-refractivity contribution >= 4 is 45.6 Å². The molecule has 0 aliphatic carbocycles. The van der Waals surface area contributed by atoms with Gasteiger partial charge in [0.05, 0.1) is 12.8 Å². The molecule has 11 heteroatoms. The third-order valence-corrected chi connectivity index (χ3v) is 6.97. The van der Waals surface area contributed by atoms with E-state index in [2.05, 4.69) is 15.8 Å². The minimum atomic E-state index is -1.69. The van der Waals surface area contributed by atoms with Crippen molar-refractivity contribution in [1.29, 1.82) is 10.8 Å². The number of ketones is 1. The molecule has 0 bridgehead atoms. The van der Waals surface area contributed by atoms with Crippen LogP contribution < -0.4 is 10.7 Å². The lowest BCUT2D eigenvalue weighted by Crippen LogP contribution is -2.51. The van der Waals surface area contributed by atoms with Crippen molar-refractivity contribution in [3.05, 3.63) is 58.9 Å². The maximum atomic E-state index is 13.3. The Morgan fingerprint density at radius 3 is 2.63 bits per heavy atom. The van der Waals surface area contributed by atoms with E-state index in [1.165, 1.54) is 31.5 Å². The molecule has 4 N–H and O–H groups in total. The fourth-order valence-corrected chi connectivity index (χ4v) is 4.99. The number of nitrogens with one attached hydrogen (secondary N) is 4. The number of halogens is 1. The average molecular weight is 500 g/mol. The predicted molar refractivity (Wildman–Crippen MR) is 139 cm³/mol. The number of aryl methyl sites for hydroxylation is 1. The van der Waals surface area contributed by atoms with Crippen molar-refractivity contribution in [2.24, 2.45) is 5.10 Å². The van der Waals surface area contributed by atoms with Gasteiger partial charge in [0, 0.05) is 55.9 Å². The number of hydrogen-bond acceptors (Lipinski definition) is 8. The lowest BCUT2D eigenvalue weighted by molar-refractivity contribution is -0.119. The second-order valence-electron chi connectivity index (χ2n) is 8.24. The fourth-order valence-electron chi connectivity index (χ4n) is 4.04. The highest BCUT2D eigenvalue weighted by Gasteiger charge is 2.33. The van der Waals surface area contributed by atoms with Gasteiger partial charge in [-0.3, -0.25) is 15.1 Å². The molecule has 3 rings (SSSR count). The first-order chi connectivity index (χ1) is 16.7. The zero-order valence-electron chi connectivity index (χ0n) is 20.0. The molecule has 1 aliphatic heterocycles. The Morgan fingerprint density at radius 1 is 1.29 bits per heavy atom. The van der Waals surface area contributed by atoms with Crippen LogP contribution in [0, 0.1) is 23.6 Å². The Kier molecular flexibility index (Phi) is 8.96. The number of hydrazone groups is 1. The minimum Gasteiger partial charge on any atom is -0.355 e. The van der Waals surface area contributed by atoms with E-state index in [-0.39, 0.29) is 29.2 Å². The SMILES string of the molecule is CN/N=C\C(=N)S(=O)N1CCN(CC(C)=O)C(c2cc(C=N)c(Nc3ccc(F)cc3)cc2C)C1. The zero-order valence-corrected chi connectivity index (χ0v) is 20.8. The number of carbonyl (C=O) groups is 1. The molecule has 186 valence electrons. The van der Waals surface area contributed by atoms with Crippen molar-refractivity contribution in [2.45, 2.75) is 19.9 Å². The second-order valence-corrected chi connectivity index (χ2v) is 9.70. The van der Waals surface area contributed by atoms with Crippen molar-refractivity contribution in [3.8, 4) is 0 Å². The molecule has 1 aliphatic rings. The predicted octanol–water partition coefficient (Wildman–Crippen LogP) is 2.97. The van der Waals surface area contributed by atoms with E-state index >= 15 is 0 Å². The van der Waals surface area contributed by atoms with E-state index in [1.54, 1.807) is 23.5 Å². The Balaban J connectivity index is 1.93. The summed E-state index contributed by atoms with van der Waals surface area (Å²) in [6, 6.07) is 9.54. The van der Waals surface area contributed by atoms with Gasteiger partial charge in [0.25, 0.3) is 0 Å². The van der Waals surface area contributed by atoms with Crippen LogP contribution >= 0.6 is 0 Å². The van der Waals surface area contributed by atoms with Gasteiger partial charge in [-0.15, -0.1) is 0 Å². The number of benzene rings is 2. The lowest BCUT2D eigenvalue weighted by atomic mass is 9.94. The largest absolute Gasteiger partial charge is 0.355 e. The molecule has 0 aromatic heterocycles. The van der Waals surface area contributed by atoms with Crippen LogP contribution in [0.25, 0.3) is 0 Å². The smallest absolute Gasteiger partial charge is 0.154 e. The number of nitrogens with zero attached hydrogens (tertiary/aromatic N) is 3. The standard InChI is InChI=1S/C24H30FN7O2S/c1-16-10-22(30-20-6-4-19(25)5-7-20)18(12-26)11-21(16)23-15-32(9-8-31(23)14-17(2)33)35(34)24(27)13-29-28-3/h4-7,10-13,23,26-28,30H,8-9,14-15H2,1-3H3/b26-12?,27-24?,29-13-. The highest BCUT2D eigenvalue weighted by atomic mass is 32.2. The topological polar surface area (TPSA) is 125 Å². The number of carbonyl (C=O) groups excluding carboxylic acids is 1. The summed E-state index contributed by atoms with van der Waals surface area (Å²) < 4.78 is 27.9. The first-order valence-electron chi connectivity index (χ1n) is 11.1. The van der Waals surface area contributed by atoms with Gasteiger partial charge in [0.2, 0.25) is 0 Å². The van der Waals surface area contributed by atoms with E-state index in [9.17, 15) is 13.4 Å². The van der Waals surface area contributed by atoms with Crippen molar-refractivity contribution in [1.82, 2.24) is 14.6 Å². The molecule has 9 nitrogen and oxygen atoms in total. The van der Waals surface area contributed by atoms with Crippen LogP contribution in [0.15, 0.2) is 41.5 Å². The second kappa shape index (κ2) is 11.9. The average Bonchev–Trinajstić information content (AvgIpc) is 2.83. The number of Topliss-reactive ketones (excluding diaryl/α,β-unsaturated/α-hetero) is 1. The summed E-state index contributed by atoms with van der Waals surface area (Å²) in [5.74, 6) is -0.303. The Bertz CT molecular complexity index is 1150. The van der Waals surface area contributed by atoms with Gasteiger partial charge in [0.15, 0.2) is 5.04 Å². The summed E-state index contributed by atoms with van der Waals surface area (Å²) in [5.41, 5.74) is 6.41. The van der Waals surface area contributed by atoms with Crippen LogP contribution in [0.3, 0.4) is 0 Å². The van der Waals surface area contributed by atoms with E-state index in [1.807, 2.05) is 24.0 Å². The first kappa shape index (κ1) is 26.3. The molecule has 0 saturated carbocycles. The fraction of sp³-hybridized carbons (Fsp3) is 0.333. The summed E-state index contributed by atoms with van der Waals surface area (Å²) in [6.45, 7) is 5.02. The quantitative estimate of drug-likeness (QED) is 0.240. The summed E-state index contributed by atoms with van der Waals surface area (Å²) in [7, 11) is -0.0948. The third-order valence-electron chi connectivity index (χ3n) is 5.69. The van der Waals surface area contributed by atoms with E-state index < -0.39 is 11.0 Å². The molecule has 2 atom stereocenters. The number of piperazine rings is 1. The molecule has 1 heterocycles.